The molecule has 0 unspecified atom stereocenters. The van der Waals surface area contributed by atoms with Gasteiger partial charge in [-0.1, -0.05) is 151 Å². The Morgan fingerprint density at radius 2 is 1.12 bits per heavy atom. The molecule has 1 aliphatic heterocycles. The van der Waals surface area contributed by atoms with Crippen molar-refractivity contribution in [3.8, 4) is 5.75 Å². The van der Waals surface area contributed by atoms with Crippen LogP contribution < -0.4 is 10.5 Å². The van der Waals surface area contributed by atoms with Gasteiger partial charge < -0.3 is 34.2 Å². The van der Waals surface area contributed by atoms with E-state index in [4.69, 9.17) is 45.8 Å². The number of hydrogen-bond donors (Lipinski definition) is 1. The third-order valence-corrected chi connectivity index (χ3v) is 12.1. The zero-order valence-electron chi connectivity index (χ0n) is 33.4. The molecule has 1 fully saturated rings. The molecule has 0 bridgehead atoms. The number of ether oxygens (including phenoxy) is 6. The maximum absolute atomic E-state index is 7.30. The smallest absolute Gasteiger partial charge is 0.126 e. The van der Waals surface area contributed by atoms with Gasteiger partial charge in [0.25, 0.3) is 0 Å². The van der Waals surface area contributed by atoms with Gasteiger partial charge in [-0.05, 0) is 57.5 Å². The summed E-state index contributed by atoms with van der Waals surface area (Å²) in [6.07, 6.45) is -2.46. The fourth-order valence-electron chi connectivity index (χ4n) is 7.62. The second kappa shape index (κ2) is 21.1. The molecular weight excluding hydrogens is 790 g/mol. The number of nitrogens with two attached hydrogens (primary N) is 1. The van der Waals surface area contributed by atoms with Gasteiger partial charge in [0.15, 0.2) is 0 Å². The number of halogens is 1. The maximum Gasteiger partial charge on any atom is 0.126 e. The summed E-state index contributed by atoms with van der Waals surface area (Å²) in [7, 11) is 0. The monoisotopic (exact) mass is 839 g/mol. The first-order valence-corrected chi connectivity index (χ1v) is 21.7. The summed E-state index contributed by atoms with van der Waals surface area (Å²) in [6.45, 7) is 2.26. The first-order chi connectivity index (χ1) is 29.6. The average Bonchev–Trinajstić information content (AvgIpc) is 3.71. The Balaban J connectivity index is 1.21. The summed E-state index contributed by atoms with van der Waals surface area (Å²) in [5, 5.41) is 1.81. The van der Waals surface area contributed by atoms with Crippen molar-refractivity contribution in [2.24, 2.45) is 5.73 Å². The molecule has 0 radical (unpaired) electrons. The molecule has 0 aliphatic carbocycles. The molecule has 0 spiro atoms. The number of benzene rings is 6. The molecule has 8 rings (SSSR count). The Morgan fingerprint density at radius 1 is 0.583 bits per heavy atom. The molecule has 2 N–H and O–H groups in total. The van der Waals surface area contributed by atoms with Crippen LogP contribution in [0, 0.1) is 0 Å². The molecule has 7 nitrogen and oxygen atoms in total. The lowest BCUT2D eigenvalue weighted by molar-refractivity contribution is -0.275. The molecule has 7 aromatic rings. The maximum atomic E-state index is 7.30. The van der Waals surface area contributed by atoms with Crippen LogP contribution >= 0.6 is 22.9 Å². The van der Waals surface area contributed by atoms with Crippen molar-refractivity contribution in [1.82, 2.24) is 0 Å². The van der Waals surface area contributed by atoms with Crippen molar-refractivity contribution in [2.75, 3.05) is 19.8 Å². The predicted octanol–water partition coefficient (Wildman–Crippen LogP) is 10.9. The van der Waals surface area contributed by atoms with Crippen LogP contribution in [-0.2, 0) is 56.5 Å². The summed E-state index contributed by atoms with van der Waals surface area (Å²) in [5.74, 6) is 0.582. The topological polar surface area (TPSA) is 81.4 Å². The first kappa shape index (κ1) is 41.8. The van der Waals surface area contributed by atoms with Crippen LogP contribution in [-0.4, -0.2) is 44.2 Å². The highest BCUT2D eigenvalue weighted by atomic mass is 35.5. The third-order valence-electron chi connectivity index (χ3n) is 10.6. The van der Waals surface area contributed by atoms with E-state index in [2.05, 4.69) is 84.9 Å². The van der Waals surface area contributed by atoms with Crippen LogP contribution in [0.1, 0.15) is 44.4 Å². The summed E-state index contributed by atoms with van der Waals surface area (Å²) < 4.78 is 42.4. The van der Waals surface area contributed by atoms with E-state index in [1.165, 1.54) is 15.0 Å². The van der Waals surface area contributed by atoms with Gasteiger partial charge in [-0.25, -0.2) is 0 Å². The van der Waals surface area contributed by atoms with Gasteiger partial charge in [-0.2, -0.15) is 0 Å². The molecule has 60 heavy (non-hydrogen) atoms. The number of thiophene rings is 1. The molecule has 5 atom stereocenters. The van der Waals surface area contributed by atoms with Gasteiger partial charge >= 0.3 is 0 Å². The SMILES string of the molecule is NCCOc1cc(Cl)c(Cc2cc3ccccc3s2)cc1[C@@H]1O[C@H](COCc2ccccc2)[C@@H](OCc2ccccc2)[C@H](OCc2ccccc2)[C@H]1OCc1ccccc1. The van der Waals surface area contributed by atoms with E-state index in [0.717, 1.165) is 33.4 Å². The van der Waals surface area contributed by atoms with Crippen molar-refractivity contribution in [3.05, 3.63) is 207 Å². The highest BCUT2D eigenvalue weighted by Gasteiger charge is 2.50. The largest absolute Gasteiger partial charge is 0.492 e. The fourth-order valence-corrected chi connectivity index (χ4v) is 8.93. The van der Waals surface area contributed by atoms with Crippen molar-refractivity contribution in [1.29, 1.82) is 0 Å². The summed E-state index contributed by atoms with van der Waals surface area (Å²) in [5.41, 5.74) is 11.9. The molecule has 1 saturated heterocycles. The van der Waals surface area contributed by atoms with Crippen LogP contribution in [0.4, 0.5) is 0 Å². The summed E-state index contributed by atoms with van der Waals surface area (Å²) in [6, 6.07) is 55.3. The number of hydrogen-bond acceptors (Lipinski definition) is 8. The molecule has 1 aromatic heterocycles. The lowest BCUT2D eigenvalue weighted by Gasteiger charge is -2.46. The van der Waals surface area contributed by atoms with Crippen LogP contribution in [0.25, 0.3) is 10.1 Å². The van der Waals surface area contributed by atoms with E-state index in [0.29, 0.717) is 56.8 Å². The van der Waals surface area contributed by atoms with Gasteiger partial charge in [0.1, 0.15) is 42.9 Å². The number of fused-ring (bicyclic) bond motifs is 1. The van der Waals surface area contributed by atoms with Gasteiger partial charge in [-0.3, -0.25) is 0 Å². The first-order valence-electron chi connectivity index (χ1n) is 20.5. The van der Waals surface area contributed by atoms with E-state index >= 15 is 0 Å². The van der Waals surface area contributed by atoms with Crippen LogP contribution in [0.3, 0.4) is 0 Å². The van der Waals surface area contributed by atoms with Gasteiger partial charge in [0.2, 0.25) is 0 Å². The fraction of sp³-hybridized carbons (Fsp3) is 0.255. The van der Waals surface area contributed by atoms with Gasteiger partial charge in [-0.15, -0.1) is 11.3 Å². The van der Waals surface area contributed by atoms with Crippen molar-refractivity contribution < 1.29 is 28.4 Å². The molecule has 1 aliphatic rings. The minimum absolute atomic E-state index is 0.239. The minimum Gasteiger partial charge on any atom is -0.492 e. The standard InChI is InChI=1S/C51H50ClNO6S/c52-44-30-45(55-26-25-53)43(29-41(44)28-42-27-40-23-13-14-24-47(40)60-42)48-50(57-33-38-19-9-3-10-20-38)51(58-34-39-21-11-4-12-22-39)49(56-32-37-17-7-2-8-18-37)46(59-48)35-54-31-36-15-5-1-6-16-36/h1-24,27,29-30,46,48-51H,25-26,28,31-35,53H2/t46-,48+,49-,50+,51+/m1/s1. The average molecular weight is 840 g/mol. The van der Waals surface area contributed by atoms with Crippen LogP contribution in [0.5, 0.6) is 5.75 Å². The van der Waals surface area contributed by atoms with E-state index in [9.17, 15) is 0 Å². The van der Waals surface area contributed by atoms with Crippen molar-refractivity contribution in [3.63, 3.8) is 0 Å². The normalized spacial score (nSPS) is 19.1. The quantitative estimate of drug-likeness (QED) is 0.0868. The zero-order chi connectivity index (χ0) is 40.9. The van der Waals surface area contributed by atoms with Crippen molar-refractivity contribution in [2.45, 2.75) is 63.4 Å². The minimum atomic E-state index is -0.678. The molecule has 6 aromatic carbocycles. The van der Waals surface area contributed by atoms with E-state index in [1.54, 1.807) is 11.3 Å². The summed E-state index contributed by atoms with van der Waals surface area (Å²) >= 11 is 8.89. The molecule has 308 valence electrons. The third kappa shape index (κ3) is 10.9. The molecule has 9 heteroatoms. The van der Waals surface area contributed by atoms with E-state index < -0.39 is 30.5 Å². The lowest BCUT2D eigenvalue weighted by atomic mass is 9.89. The highest BCUT2D eigenvalue weighted by molar-refractivity contribution is 7.19. The lowest BCUT2D eigenvalue weighted by Crippen LogP contribution is -2.58. The Hall–Kier alpha value is -4.87. The summed E-state index contributed by atoms with van der Waals surface area (Å²) in [4.78, 5) is 1.20. The highest BCUT2D eigenvalue weighted by Crippen LogP contribution is 2.44. The van der Waals surface area contributed by atoms with Crippen LogP contribution in [0.15, 0.2) is 164 Å². The molecule has 0 saturated carbocycles. The van der Waals surface area contributed by atoms with Gasteiger partial charge in [0.05, 0.1) is 33.0 Å². The second-order valence-electron chi connectivity index (χ2n) is 14.9. The Kier molecular flexibility index (Phi) is 14.7. The Labute approximate surface area is 361 Å². The number of rotatable bonds is 19. The van der Waals surface area contributed by atoms with Crippen molar-refractivity contribution >= 4 is 33.0 Å². The molecule has 2 heterocycles. The second-order valence-corrected chi connectivity index (χ2v) is 16.5. The van der Waals surface area contributed by atoms with Gasteiger partial charge in [0, 0.05) is 33.1 Å². The molecular formula is C51H50ClNO6S. The van der Waals surface area contributed by atoms with E-state index in [1.807, 2.05) is 78.9 Å². The van der Waals surface area contributed by atoms with E-state index in [-0.39, 0.29) is 6.61 Å². The Bertz CT molecular complexity index is 2330. The predicted molar refractivity (Wildman–Crippen MR) is 239 cm³/mol. The Morgan fingerprint density at radius 3 is 1.70 bits per heavy atom. The van der Waals surface area contributed by atoms with Crippen LogP contribution in [0.2, 0.25) is 5.02 Å². The molecule has 0 amide bonds. The zero-order valence-corrected chi connectivity index (χ0v) is 35.0.